The van der Waals surface area contributed by atoms with Crippen LogP contribution in [-0.4, -0.2) is 46.4 Å². The smallest absolute Gasteiger partial charge is 0.256 e. The number of amides is 1. The topological polar surface area (TPSA) is 59.4 Å². The highest BCUT2D eigenvalue weighted by atomic mass is 16.5. The lowest BCUT2D eigenvalue weighted by molar-refractivity contribution is 0.0724. The first-order valence-corrected chi connectivity index (χ1v) is 9.30. The minimum absolute atomic E-state index is 0.114. The van der Waals surface area contributed by atoms with Crippen LogP contribution in [0.2, 0.25) is 0 Å². The molecule has 0 aliphatic carbocycles. The van der Waals surface area contributed by atoms with E-state index in [0.717, 1.165) is 50.3 Å². The number of anilines is 1. The van der Waals surface area contributed by atoms with E-state index >= 15 is 0 Å². The van der Waals surface area contributed by atoms with Crippen molar-refractivity contribution in [3.8, 4) is 0 Å². The first kappa shape index (κ1) is 18.6. The molecule has 0 bridgehead atoms. The van der Waals surface area contributed by atoms with Crippen molar-refractivity contribution in [2.75, 3.05) is 25.0 Å². The molecular formula is C20H28N4O2. The van der Waals surface area contributed by atoms with E-state index in [2.05, 4.69) is 28.3 Å². The number of benzene rings is 1. The molecule has 1 aromatic carbocycles. The molecule has 1 N–H and O–H groups in total. The number of aromatic nitrogens is 2. The summed E-state index contributed by atoms with van der Waals surface area (Å²) >= 11 is 0. The molecule has 2 heterocycles. The first-order chi connectivity index (χ1) is 12.5. The lowest BCUT2D eigenvalue weighted by Gasteiger charge is -2.23. The van der Waals surface area contributed by atoms with Gasteiger partial charge in [-0.3, -0.25) is 14.4 Å². The Balaban J connectivity index is 1.64. The molecule has 140 valence electrons. The molecule has 6 heteroatoms. The van der Waals surface area contributed by atoms with Crippen LogP contribution in [0, 0.1) is 6.92 Å². The van der Waals surface area contributed by atoms with Gasteiger partial charge in [0.25, 0.3) is 5.91 Å². The molecular weight excluding hydrogens is 328 g/mol. The van der Waals surface area contributed by atoms with Gasteiger partial charge in [0.15, 0.2) is 0 Å². The molecule has 1 saturated heterocycles. The van der Waals surface area contributed by atoms with E-state index in [-0.39, 0.29) is 5.91 Å². The Labute approximate surface area is 155 Å². The number of nitrogens with zero attached hydrogens (tertiary/aromatic N) is 3. The molecule has 1 amide bonds. The average Bonchev–Trinajstić information content (AvgIpc) is 3.24. The minimum atomic E-state index is -0.114. The maximum atomic E-state index is 12.6. The standard InChI is InChI=1S/C20H28N4O2/c1-4-24(14-18-9-6-10-26-18)13-16-7-5-8-17(12-16)20(25)21-19-11-15(2)22-23(19)3/h5,7-8,11-12,18H,4,6,9-10,13-14H2,1-3H3,(H,21,25)/t18-/m0/s1. The predicted octanol–water partition coefficient (Wildman–Crippen LogP) is 2.98. The summed E-state index contributed by atoms with van der Waals surface area (Å²) in [5, 5.41) is 7.19. The predicted molar refractivity (Wildman–Crippen MR) is 102 cm³/mol. The lowest BCUT2D eigenvalue weighted by atomic mass is 10.1. The molecule has 6 nitrogen and oxygen atoms in total. The highest BCUT2D eigenvalue weighted by molar-refractivity contribution is 6.03. The fraction of sp³-hybridized carbons (Fsp3) is 0.500. The van der Waals surface area contributed by atoms with Crippen LogP contribution in [0.4, 0.5) is 5.82 Å². The molecule has 0 saturated carbocycles. The van der Waals surface area contributed by atoms with E-state index in [9.17, 15) is 4.79 Å². The second kappa shape index (κ2) is 8.47. The van der Waals surface area contributed by atoms with Gasteiger partial charge in [-0.15, -0.1) is 0 Å². The normalized spacial score (nSPS) is 17.0. The maximum absolute atomic E-state index is 12.6. The van der Waals surface area contributed by atoms with Crippen molar-refractivity contribution in [3.63, 3.8) is 0 Å². The van der Waals surface area contributed by atoms with Crippen molar-refractivity contribution >= 4 is 11.7 Å². The minimum Gasteiger partial charge on any atom is -0.377 e. The van der Waals surface area contributed by atoms with Crippen LogP contribution in [0.25, 0.3) is 0 Å². The van der Waals surface area contributed by atoms with Gasteiger partial charge in [-0.1, -0.05) is 19.1 Å². The fourth-order valence-corrected chi connectivity index (χ4v) is 3.37. The zero-order valence-corrected chi connectivity index (χ0v) is 15.9. The fourth-order valence-electron chi connectivity index (χ4n) is 3.37. The van der Waals surface area contributed by atoms with Crippen molar-refractivity contribution < 1.29 is 9.53 Å². The Morgan fingerprint density at radius 1 is 1.42 bits per heavy atom. The Morgan fingerprint density at radius 2 is 2.27 bits per heavy atom. The quantitative estimate of drug-likeness (QED) is 0.829. The van der Waals surface area contributed by atoms with Crippen molar-refractivity contribution in [2.45, 2.75) is 39.3 Å². The number of ether oxygens (including phenoxy) is 1. The van der Waals surface area contributed by atoms with Crippen LogP contribution in [0.3, 0.4) is 0 Å². The van der Waals surface area contributed by atoms with Gasteiger partial charge in [0.05, 0.1) is 11.8 Å². The Morgan fingerprint density at radius 3 is 2.92 bits per heavy atom. The van der Waals surface area contributed by atoms with Gasteiger partial charge in [0.1, 0.15) is 5.82 Å². The summed E-state index contributed by atoms with van der Waals surface area (Å²) in [4.78, 5) is 14.9. The van der Waals surface area contributed by atoms with Gasteiger partial charge in [-0.25, -0.2) is 0 Å². The number of carbonyl (C=O) groups excluding carboxylic acids is 1. The van der Waals surface area contributed by atoms with E-state index in [1.165, 1.54) is 0 Å². The third-order valence-corrected chi connectivity index (χ3v) is 4.77. The highest BCUT2D eigenvalue weighted by Crippen LogP contribution is 2.16. The Bertz CT molecular complexity index is 750. The number of nitrogens with one attached hydrogen (secondary N) is 1. The number of hydrogen-bond acceptors (Lipinski definition) is 4. The molecule has 3 rings (SSSR count). The van der Waals surface area contributed by atoms with Crippen molar-refractivity contribution in [2.24, 2.45) is 7.05 Å². The summed E-state index contributed by atoms with van der Waals surface area (Å²) in [6.45, 7) is 7.68. The summed E-state index contributed by atoms with van der Waals surface area (Å²) in [5.41, 5.74) is 2.68. The van der Waals surface area contributed by atoms with E-state index in [4.69, 9.17) is 4.74 Å². The molecule has 1 atom stereocenters. The summed E-state index contributed by atoms with van der Waals surface area (Å²) in [6, 6.07) is 9.69. The van der Waals surface area contributed by atoms with Crippen LogP contribution in [-0.2, 0) is 18.3 Å². The molecule has 0 radical (unpaired) electrons. The van der Waals surface area contributed by atoms with Crippen molar-refractivity contribution in [1.82, 2.24) is 14.7 Å². The number of rotatable bonds is 7. The zero-order chi connectivity index (χ0) is 18.5. The molecule has 1 aliphatic heterocycles. The molecule has 1 aliphatic rings. The second-order valence-electron chi connectivity index (χ2n) is 6.91. The van der Waals surface area contributed by atoms with E-state index in [1.54, 1.807) is 4.68 Å². The Hall–Kier alpha value is -2.18. The monoisotopic (exact) mass is 356 g/mol. The average molecular weight is 356 g/mol. The molecule has 0 spiro atoms. The molecule has 2 aromatic rings. The summed E-state index contributed by atoms with van der Waals surface area (Å²) < 4.78 is 7.43. The van der Waals surface area contributed by atoms with Crippen LogP contribution < -0.4 is 5.32 Å². The largest absolute Gasteiger partial charge is 0.377 e. The highest BCUT2D eigenvalue weighted by Gasteiger charge is 2.19. The third-order valence-electron chi connectivity index (χ3n) is 4.77. The van der Waals surface area contributed by atoms with Gasteiger partial charge >= 0.3 is 0 Å². The van der Waals surface area contributed by atoms with Gasteiger partial charge in [0.2, 0.25) is 0 Å². The summed E-state index contributed by atoms with van der Waals surface area (Å²) in [7, 11) is 1.82. The van der Waals surface area contributed by atoms with Crippen LogP contribution >= 0.6 is 0 Å². The zero-order valence-electron chi connectivity index (χ0n) is 15.9. The van der Waals surface area contributed by atoms with Crippen molar-refractivity contribution in [3.05, 3.63) is 47.2 Å². The number of carbonyl (C=O) groups is 1. The molecule has 26 heavy (non-hydrogen) atoms. The number of aryl methyl sites for hydroxylation is 2. The SMILES string of the molecule is CCN(Cc1cccc(C(=O)Nc2cc(C)nn2C)c1)C[C@@H]1CCCO1. The van der Waals surface area contributed by atoms with Crippen LogP contribution in [0.5, 0.6) is 0 Å². The molecule has 0 unspecified atom stereocenters. The molecule has 1 aromatic heterocycles. The summed E-state index contributed by atoms with van der Waals surface area (Å²) in [6.07, 6.45) is 2.64. The second-order valence-corrected chi connectivity index (χ2v) is 6.91. The summed E-state index contributed by atoms with van der Waals surface area (Å²) in [5.74, 6) is 0.587. The first-order valence-electron chi connectivity index (χ1n) is 9.30. The van der Waals surface area contributed by atoms with E-state index in [0.29, 0.717) is 17.5 Å². The molecule has 1 fully saturated rings. The van der Waals surface area contributed by atoms with Crippen LogP contribution in [0.1, 0.15) is 41.4 Å². The van der Waals surface area contributed by atoms with E-state index in [1.807, 2.05) is 38.2 Å². The maximum Gasteiger partial charge on any atom is 0.256 e. The van der Waals surface area contributed by atoms with Gasteiger partial charge in [0, 0.05) is 38.4 Å². The number of hydrogen-bond donors (Lipinski definition) is 1. The van der Waals surface area contributed by atoms with Crippen LogP contribution in [0.15, 0.2) is 30.3 Å². The lowest BCUT2D eigenvalue weighted by Crippen LogP contribution is -2.31. The van der Waals surface area contributed by atoms with E-state index < -0.39 is 0 Å². The number of likely N-dealkylation sites (N-methyl/N-ethyl adjacent to an activating group) is 1. The van der Waals surface area contributed by atoms with Gasteiger partial charge in [-0.2, -0.15) is 5.10 Å². The van der Waals surface area contributed by atoms with Crippen molar-refractivity contribution in [1.29, 1.82) is 0 Å². The van der Waals surface area contributed by atoms with Gasteiger partial charge < -0.3 is 10.1 Å². The Kier molecular flexibility index (Phi) is 6.06. The van der Waals surface area contributed by atoms with Gasteiger partial charge in [-0.05, 0) is 44.0 Å². The third kappa shape index (κ3) is 4.71.